The maximum Gasteiger partial charge on any atom is 0.0770 e. The highest BCUT2D eigenvalue weighted by Gasteiger charge is 2.24. The molecule has 1 atom stereocenters. The molecule has 0 saturated heterocycles. The molecule has 2 aromatic carbocycles. The van der Waals surface area contributed by atoms with Gasteiger partial charge in [-0.15, -0.1) is 0 Å². The molecule has 28 heavy (non-hydrogen) atoms. The zero-order chi connectivity index (χ0) is 20.8. The van der Waals surface area contributed by atoms with Crippen LogP contribution < -0.4 is 0 Å². The van der Waals surface area contributed by atoms with Crippen LogP contribution >= 0.6 is 0 Å². The van der Waals surface area contributed by atoms with Gasteiger partial charge in [-0.05, 0) is 71.9 Å². The number of aliphatic hydroxyl groups is 1. The Kier molecular flexibility index (Phi) is 8.31. The molecule has 2 aromatic rings. The first-order chi connectivity index (χ1) is 13.3. The summed E-state index contributed by atoms with van der Waals surface area (Å²) in [6.07, 6.45) is 5.67. The van der Waals surface area contributed by atoms with Crippen molar-refractivity contribution < 1.29 is 5.11 Å². The van der Waals surface area contributed by atoms with Gasteiger partial charge in [-0.3, -0.25) is 0 Å². The zero-order valence-corrected chi connectivity index (χ0v) is 19.1. The Morgan fingerprint density at radius 3 is 1.93 bits per heavy atom. The Balaban J connectivity index is 2.77. The van der Waals surface area contributed by atoms with Crippen LogP contribution in [0.3, 0.4) is 0 Å². The molecule has 0 bridgehead atoms. The topological polar surface area (TPSA) is 20.2 Å². The van der Waals surface area contributed by atoms with E-state index in [0.29, 0.717) is 11.8 Å². The third-order valence-corrected chi connectivity index (χ3v) is 5.82. The van der Waals surface area contributed by atoms with Crippen molar-refractivity contribution in [1.29, 1.82) is 0 Å². The molecule has 2 rings (SSSR count). The monoisotopic (exact) mass is 380 g/mol. The average molecular weight is 381 g/mol. The smallest absolute Gasteiger partial charge is 0.0770 e. The third-order valence-electron chi connectivity index (χ3n) is 5.82. The summed E-state index contributed by atoms with van der Waals surface area (Å²) < 4.78 is 0. The molecular weight excluding hydrogens is 340 g/mol. The predicted octanol–water partition coefficient (Wildman–Crippen LogP) is 8.08. The van der Waals surface area contributed by atoms with Gasteiger partial charge >= 0.3 is 0 Å². The van der Waals surface area contributed by atoms with Crippen molar-refractivity contribution in [3.05, 3.63) is 58.1 Å². The standard InChI is InChI=1S/C27H40O/c1-8-9-10-11-12-23-24(18(2)3)17-25(19(4)5)26(21(7)28)27(23)22-15-13-20(6)14-16-22/h13-19,21,28H,8-12H2,1-7H3. The van der Waals surface area contributed by atoms with E-state index in [4.69, 9.17) is 0 Å². The fourth-order valence-electron chi connectivity index (χ4n) is 4.27. The first-order valence-corrected chi connectivity index (χ1v) is 11.2. The lowest BCUT2D eigenvalue weighted by atomic mass is 9.78. The SMILES string of the molecule is CCCCCCc1c(C(C)C)cc(C(C)C)c(C(C)O)c1-c1ccc(C)cc1. The summed E-state index contributed by atoms with van der Waals surface area (Å²) in [4.78, 5) is 0. The second-order valence-corrected chi connectivity index (χ2v) is 8.98. The van der Waals surface area contributed by atoms with Gasteiger partial charge in [-0.25, -0.2) is 0 Å². The van der Waals surface area contributed by atoms with Gasteiger partial charge in [0.05, 0.1) is 6.10 Å². The summed E-state index contributed by atoms with van der Waals surface area (Å²) in [7, 11) is 0. The Labute approximate surface area is 173 Å². The first kappa shape index (κ1) is 22.7. The van der Waals surface area contributed by atoms with Gasteiger partial charge < -0.3 is 5.11 Å². The highest BCUT2D eigenvalue weighted by atomic mass is 16.3. The van der Waals surface area contributed by atoms with Gasteiger partial charge in [0.25, 0.3) is 0 Å². The highest BCUT2D eigenvalue weighted by Crippen LogP contribution is 2.42. The summed E-state index contributed by atoms with van der Waals surface area (Å²) in [6, 6.07) is 11.3. The molecular formula is C27H40O. The quantitative estimate of drug-likeness (QED) is 0.436. The molecule has 0 fully saturated rings. The van der Waals surface area contributed by atoms with E-state index in [1.54, 1.807) is 0 Å². The molecule has 0 radical (unpaired) electrons. The maximum absolute atomic E-state index is 10.8. The minimum Gasteiger partial charge on any atom is -0.389 e. The van der Waals surface area contributed by atoms with E-state index >= 15 is 0 Å². The normalized spacial score (nSPS) is 12.8. The maximum atomic E-state index is 10.8. The molecule has 0 saturated carbocycles. The largest absolute Gasteiger partial charge is 0.389 e. The zero-order valence-electron chi connectivity index (χ0n) is 19.1. The van der Waals surface area contributed by atoms with Crippen LogP contribution in [0.5, 0.6) is 0 Å². The van der Waals surface area contributed by atoms with Crippen molar-refractivity contribution >= 4 is 0 Å². The lowest BCUT2D eigenvalue weighted by Gasteiger charge is -2.27. The molecule has 0 aliphatic carbocycles. The van der Waals surface area contributed by atoms with Crippen molar-refractivity contribution in [2.45, 2.75) is 98.5 Å². The number of hydrogen-bond donors (Lipinski definition) is 1. The van der Waals surface area contributed by atoms with Gasteiger partial charge in [0, 0.05) is 0 Å². The third kappa shape index (κ3) is 5.26. The summed E-state index contributed by atoms with van der Waals surface area (Å²) in [5.41, 5.74) is 9.16. The molecule has 1 unspecified atom stereocenters. The Morgan fingerprint density at radius 1 is 0.821 bits per heavy atom. The first-order valence-electron chi connectivity index (χ1n) is 11.2. The average Bonchev–Trinajstić information content (AvgIpc) is 2.64. The van der Waals surface area contributed by atoms with E-state index in [1.807, 2.05) is 6.92 Å². The van der Waals surface area contributed by atoms with Crippen LogP contribution in [0.1, 0.15) is 113 Å². The molecule has 0 amide bonds. The highest BCUT2D eigenvalue weighted by molar-refractivity contribution is 5.75. The van der Waals surface area contributed by atoms with Crippen LogP contribution in [0.15, 0.2) is 30.3 Å². The lowest BCUT2D eigenvalue weighted by molar-refractivity contribution is 0.198. The van der Waals surface area contributed by atoms with Crippen LogP contribution in [-0.4, -0.2) is 5.11 Å². The molecule has 154 valence electrons. The van der Waals surface area contributed by atoms with Gasteiger partial charge in [-0.2, -0.15) is 0 Å². The minimum atomic E-state index is -0.468. The summed E-state index contributed by atoms with van der Waals surface area (Å²) in [5.74, 6) is 0.867. The summed E-state index contributed by atoms with van der Waals surface area (Å²) in [5, 5.41) is 10.8. The number of rotatable bonds is 9. The van der Waals surface area contributed by atoms with Gasteiger partial charge in [0.15, 0.2) is 0 Å². The summed E-state index contributed by atoms with van der Waals surface area (Å²) in [6.45, 7) is 15.4. The van der Waals surface area contributed by atoms with E-state index in [9.17, 15) is 5.11 Å². The molecule has 1 heteroatoms. The van der Waals surface area contributed by atoms with Crippen LogP contribution in [0.2, 0.25) is 0 Å². The van der Waals surface area contributed by atoms with Gasteiger partial charge in [-0.1, -0.05) is 89.8 Å². The number of aryl methyl sites for hydroxylation is 1. The number of hydrogen-bond acceptors (Lipinski definition) is 1. The predicted molar refractivity (Wildman–Crippen MR) is 123 cm³/mol. The Morgan fingerprint density at radius 2 is 1.43 bits per heavy atom. The number of benzene rings is 2. The fraction of sp³-hybridized carbons (Fsp3) is 0.556. The second kappa shape index (κ2) is 10.3. The summed E-state index contributed by atoms with van der Waals surface area (Å²) >= 11 is 0. The molecule has 0 aliphatic rings. The van der Waals surface area contributed by atoms with Crippen LogP contribution in [-0.2, 0) is 6.42 Å². The van der Waals surface area contributed by atoms with Crippen LogP contribution in [0.4, 0.5) is 0 Å². The fourth-order valence-corrected chi connectivity index (χ4v) is 4.27. The van der Waals surface area contributed by atoms with E-state index in [2.05, 4.69) is 71.9 Å². The van der Waals surface area contributed by atoms with Gasteiger partial charge in [0.1, 0.15) is 0 Å². The lowest BCUT2D eigenvalue weighted by Crippen LogP contribution is -2.11. The van der Waals surface area contributed by atoms with Crippen molar-refractivity contribution in [2.75, 3.05) is 0 Å². The molecule has 0 heterocycles. The number of unbranched alkanes of at least 4 members (excludes halogenated alkanes) is 3. The Hall–Kier alpha value is -1.60. The molecule has 0 spiro atoms. The van der Waals surface area contributed by atoms with Crippen molar-refractivity contribution in [3.8, 4) is 11.1 Å². The molecule has 1 N–H and O–H groups in total. The van der Waals surface area contributed by atoms with Gasteiger partial charge in [0.2, 0.25) is 0 Å². The van der Waals surface area contributed by atoms with E-state index in [-0.39, 0.29) is 0 Å². The van der Waals surface area contributed by atoms with Crippen molar-refractivity contribution in [1.82, 2.24) is 0 Å². The van der Waals surface area contributed by atoms with E-state index in [0.717, 1.165) is 12.0 Å². The number of aliphatic hydroxyl groups excluding tert-OH is 1. The van der Waals surface area contributed by atoms with E-state index in [1.165, 1.54) is 59.1 Å². The second-order valence-electron chi connectivity index (χ2n) is 8.98. The minimum absolute atomic E-state index is 0.389. The van der Waals surface area contributed by atoms with Crippen LogP contribution in [0.25, 0.3) is 11.1 Å². The molecule has 0 aromatic heterocycles. The van der Waals surface area contributed by atoms with Crippen molar-refractivity contribution in [3.63, 3.8) is 0 Å². The van der Waals surface area contributed by atoms with E-state index < -0.39 is 6.10 Å². The molecule has 0 aliphatic heterocycles. The molecule has 1 nitrogen and oxygen atoms in total. The van der Waals surface area contributed by atoms with Crippen LogP contribution in [0, 0.1) is 6.92 Å². The van der Waals surface area contributed by atoms with Crippen molar-refractivity contribution in [2.24, 2.45) is 0 Å². The Bertz CT molecular complexity index is 751.